The Morgan fingerprint density at radius 1 is 1.13 bits per heavy atom. The standard InChI is InChI=1S/C24H25N3O4/c1-31-24(30)22(28)20(14-16-8-4-2-5-9-16)25-23(29)19-15-27(18-12-13-18)26-21(19)17-10-6-3-7-11-17/h2-11,15,18,20,22,28H,12-14H2,1H3,(H,25,29). The molecule has 4 rings (SSSR count). The van der Waals surface area contributed by atoms with Gasteiger partial charge in [-0.05, 0) is 24.8 Å². The largest absolute Gasteiger partial charge is 0.467 e. The molecule has 7 nitrogen and oxygen atoms in total. The molecule has 1 aliphatic carbocycles. The van der Waals surface area contributed by atoms with E-state index in [4.69, 9.17) is 4.74 Å². The Balaban J connectivity index is 1.63. The highest BCUT2D eigenvalue weighted by atomic mass is 16.5. The monoisotopic (exact) mass is 419 g/mol. The van der Waals surface area contributed by atoms with Gasteiger partial charge in [-0.1, -0.05) is 60.7 Å². The Morgan fingerprint density at radius 3 is 2.39 bits per heavy atom. The number of benzene rings is 2. The maximum Gasteiger partial charge on any atom is 0.336 e. The molecule has 1 fully saturated rings. The van der Waals surface area contributed by atoms with Crippen LogP contribution in [0.2, 0.25) is 0 Å². The molecule has 1 aromatic heterocycles. The van der Waals surface area contributed by atoms with Gasteiger partial charge in [0.15, 0.2) is 6.10 Å². The van der Waals surface area contributed by atoms with Crippen LogP contribution in [0.3, 0.4) is 0 Å². The van der Waals surface area contributed by atoms with Crippen LogP contribution < -0.4 is 5.32 Å². The molecule has 2 unspecified atom stereocenters. The average Bonchev–Trinajstić information content (AvgIpc) is 3.56. The van der Waals surface area contributed by atoms with Gasteiger partial charge in [0.2, 0.25) is 0 Å². The van der Waals surface area contributed by atoms with Gasteiger partial charge in [0.05, 0.1) is 24.8 Å². The van der Waals surface area contributed by atoms with Gasteiger partial charge in [0.1, 0.15) is 5.69 Å². The van der Waals surface area contributed by atoms with Crippen molar-refractivity contribution >= 4 is 11.9 Å². The molecule has 31 heavy (non-hydrogen) atoms. The Labute approximate surface area is 180 Å². The predicted molar refractivity (Wildman–Crippen MR) is 115 cm³/mol. The summed E-state index contributed by atoms with van der Waals surface area (Å²) >= 11 is 0. The Morgan fingerprint density at radius 2 is 1.77 bits per heavy atom. The molecule has 0 saturated heterocycles. The first-order chi connectivity index (χ1) is 15.1. The topological polar surface area (TPSA) is 93.5 Å². The van der Waals surface area contributed by atoms with Crippen molar-refractivity contribution in [3.63, 3.8) is 0 Å². The highest BCUT2D eigenvalue weighted by Crippen LogP contribution is 2.36. The summed E-state index contributed by atoms with van der Waals surface area (Å²) in [6, 6.07) is 18.3. The minimum atomic E-state index is -1.49. The minimum Gasteiger partial charge on any atom is -0.467 e. The number of aromatic nitrogens is 2. The third kappa shape index (κ3) is 4.83. The molecule has 0 radical (unpaired) electrons. The Bertz CT molecular complexity index is 1050. The number of methoxy groups -OCH3 is 1. The number of amides is 1. The Hall–Kier alpha value is -3.45. The number of ether oxygens (including phenoxy) is 1. The molecule has 2 aromatic carbocycles. The molecule has 1 heterocycles. The van der Waals surface area contributed by atoms with Crippen LogP contribution in [-0.2, 0) is 16.0 Å². The molecule has 160 valence electrons. The number of hydrogen-bond acceptors (Lipinski definition) is 5. The lowest BCUT2D eigenvalue weighted by Gasteiger charge is -2.22. The first kappa shape index (κ1) is 20.8. The molecule has 0 aliphatic heterocycles. The van der Waals surface area contributed by atoms with E-state index in [9.17, 15) is 14.7 Å². The summed E-state index contributed by atoms with van der Waals surface area (Å²) in [6.07, 6.45) is 2.61. The highest BCUT2D eigenvalue weighted by molar-refractivity contribution is 6.00. The van der Waals surface area contributed by atoms with Gasteiger partial charge >= 0.3 is 5.97 Å². The molecule has 2 atom stereocenters. The van der Waals surface area contributed by atoms with E-state index in [1.165, 1.54) is 7.11 Å². The number of esters is 1. The van der Waals surface area contributed by atoms with Crippen molar-refractivity contribution in [2.45, 2.75) is 37.5 Å². The minimum absolute atomic E-state index is 0.278. The van der Waals surface area contributed by atoms with E-state index in [0.717, 1.165) is 24.0 Å². The lowest BCUT2D eigenvalue weighted by atomic mass is 10.00. The van der Waals surface area contributed by atoms with Crippen molar-refractivity contribution in [3.8, 4) is 11.3 Å². The number of hydrogen-bond donors (Lipinski definition) is 2. The normalized spacial score (nSPS) is 15.2. The van der Waals surface area contributed by atoms with Crippen molar-refractivity contribution in [2.24, 2.45) is 0 Å². The number of aliphatic hydroxyl groups is 1. The SMILES string of the molecule is COC(=O)C(O)C(Cc1ccccc1)NC(=O)c1cn(C2CC2)nc1-c1ccccc1. The van der Waals surface area contributed by atoms with Crippen molar-refractivity contribution in [1.82, 2.24) is 15.1 Å². The predicted octanol–water partition coefficient (Wildman–Crippen LogP) is 2.76. The van der Waals surface area contributed by atoms with Gasteiger partial charge in [-0.25, -0.2) is 4.79 Å². The molecular formula is C24H25N3O4. The summed E-state index contributed by atoms with van der Waals surface area (Å²) in [5, 5.41) is 18.0. The van der Waals surface area contributed by atoms with Crippen LogP contribution in [0.15, 0.2) is 66.9 Å². The second-order valence-electron chi connectivity index (χ2n) is 7.71. The first-order valence-corrected chi connectivity index (χ1v) is 10.3. The van der Waals surface area contributed by atoms with Gasteiger partial charge in [0.25, 0.3) is 5.91 Å². The molecule has 0 spiro atoms. The van der Waals surface area contributed by atoms with Gasteiger partial charge in [-0.3, -0.25) is 9.48 Å². The van der Waals surface area contributed by atoms with E-state index in [-0.39, 0.29) is 6.42 Å². The number of carbonyl (C=O) groups excluding carboxylic acids is 2. The fourth-order valence-electron chi connectivity index (χ4n) is 3.53. The second-order valence-corrected chi connectivity index (χ2v) is 7.71. The summed E-state index contributed by atoms with van der Waals surface area (Å²) in [4.78, 5) is 25.3. The van der Waals surface area contributed by atoms with Crippen LogP contribution in [0.1, 0.15) is 34.8 Å². The van der Waals surface area contributed by atoms with E-state index >= 15 is 0 Å². The number of aliphatic hydroxyl groups excluding tert-OH is 1. The fraction of sp³-hybridized carbons (Fsp3) is 0.292. The maximum absolute atomic E-state index is 13.3. The van der Waals surface area contributed by atoms with E-state index in [1.807, 2.05) is 65.3 Å². The van der Waals surface area contributed by atoms with Crippen molar-refractivity contribution in [2.75, 3.05) is 7.11 Å². The summed E-state index contributed by atoms with van der Waals surface area (Å²) in [7, 11) is 1.21. The highest BCUT2D eigenvalue weighted by Gasteiger charge is 2.32. The van der Waals surface area contributed by atoms with E-state index < -0.39 is 24.0 Å². The van der Waals surface area contributed by atoms with E-state index in [2.05, 4.69) is 10.4 Å². The summed E-state index contributed by atoms with van der Waals surface area (Å²) in [5.74, 6) is -1.19. The molecule has 1 amide bonds. The van der Waals surface area contributed by atoms with Crippen molar-refractivity contribution < 1.29 is 19.4 Å². The number of nitrogens with zero attached hydrogens (tertiary/aromatic N) is 2. The summed E-state index contributed by atoms with van der Waals surface area (Å²) in [6.45, 7) is 0. The van der Waals surface area contributed by atoms with Gasteiger partial charge < -0.3 is 15.2 Å². The molecular weight excluding hydrogens is 394 g/mol. The van der Waals surface area contributed by atoms with Gasteiger partial charge in [-0.15, -0.1) is 0 Å². The smallest absolute Gasteiger partial charge is 0.336 e. The zero-order valence-corrected chi connectivity index (χ0v) is 17.3. The van der Waals surface area contributed by atoms with Crippen LogP contribution in [0, 0.1) is 0 Å². The molecule has 1 aliphatic rings. The summed E-state index contributed by atoms with van der Waals surface area (Å²) in [5.41, 5.74) is 2.71. The third-order valence-electron chi connectivity index (χ3n) is 5.38. The maximum atomic E-state index is 13.3. The summed E-state index contributed by atoms with van der Waals surface area (Å²) < 4.78 is 6.53. The van der Waals surface area contributed by atoms with Crippen LogP contribution in [0.5, 0.6) is 0 Å². The first-order valence-electron chi connectivity index (χ1n) is 10.3. The molecule has 3 aromatic rings. The van der Waals surface area contributed by atoms with Gasteiger partial charge in [0, 0.05) is 11.8 Å². The fourth-order valence-corrected chi connectivity index (χ4v) is 3.53. The lowest BCUT2D eigenvalue weighted by molar-refractivity contribution is -0.151. The van der Waals surface area contributed by atoms with E-state index in [0.29, 0.717) is 17.3 Å². The molecule has 0 bridgehead atoms. The van der Waals surface area contributed by atoms with Gasteiger partial charge in [-0.2, -0.15) is 5.10 Å². The quantitative estimate of drug-likeness (QED) is 0.548. The number of rotatable bonds is 8. The van der Waals surface area contributed by atoms with Crippen LogP contribution >= 0.6 is 0 Å². The molecule has 1 saturated carbocycles. The van der Waals surface area contributed by atoms with Crippen LogP contribution in [-0.4, -0.2) is 46.0 Å². The number of nitrogens with one attached hydrogen (secondary N) is 1. The molecule has 7 heteroatoms. The average molecular weight is 419 g/mol. The van der Waals surface area contributed by atoms with Crippen molar-refractivity contribution in [1.29, 1.82) is 0 Å². The molecule has 2 N–H and O–H groups in total. The Kier molecular flexibility index (Phi) is 6.13. The third-order valence-corrected chi connectivity index (χ3v) is 5.38. The van der Waals surface area contributed by atoms with Crippen LogP contribution in [0.4, 0.5) is 0 Å². The number of carbonyl (C=O) groups is 2. The van der Waals surface area contributed by atoms with Crippen LogP contribution in [0.25, 0.3) is 11.3 Å². The van der Waals surface area contributed by atoms with Crippen molar-refractivity contribution in [3.05, 3.63) is 78.0 Å². The zero-order chi connectivity index (χ0) is 21.8. The lowest BCUT2D eigenvalue weighted by Crippen LogP contribution is -2.48. The second kappa shape index (κ2) is 9.14. The zero-order valence-electron chi connectivity index (χ0n) is 17.3. The van der Waals surface area contributed by atoms with E-state index in [1.54, 1.807) is 6.20 Å².